The van der Waals surface area contributed by atoms with Gasteiger partial charge in [-0.25, -0.2) is 0 Å². The Kier molecular flexibility index (Phi) is 5.88. The fraction of sp³-hybridized carbons (Fsp3) is 0.458. The molecular weight excluding hydrogens is 364 g/mol. The van der Waals surface area contributed by atoms with E-state index in [1.165, 1.54) is 0 Å². The Morgan fingerprint density at radius 2 is 1.86 bits per heavy atom. The molecule has 5 nitrogen and oxygen atoms in total. The van der Waals surface area contributed by atoms with Crippen LogP contribution in [-0.4, -0.2) is 54.1 Å². The molecule has 0 radical (unpaired) electrons. The van der Waals surface area contributed by atoms with Gasteiger partial charge in [0.15, 0.2) is 0 Å². The van der Waals surface area contributed by atoms with E-state index >= 15 is 0 Å². The highest BCUT2D eigenvalue weighted by Crippen LogP contribution is 2.41. The van der Waals surface area contributed by atoms with Crippen LogP contribution in [0.1, 0.15) is 36.5 Å². The van der Waals surface area contributed by atoms with E-state index in [1.54, 1.807) is 7.11 Å². The molecule has 0 bridgehead atoms. The molecule has 2 heterocycles. The lowest BCUT2D eigenvalue weighted by Gasteiger charge is -2.39. The number of β-amino-alcohol motifs (C(OH)–C–C–N with tert-alkyl or cyclic N) is 1. The van der Waals surface area contributed by atoms with Gasteiger partial charge in [-0.2, -0.15) is 0 Å². The van der Waals surface area contributed by atoms with Gasteiger partial charge in [0.05, 0.1) is 13.2 Å². The molecule has 1 N–H and O–H groups in total. The van der Waals surface area contributed by atoms with Gasteiger partial charge < -0.3 is 19.6 Å². The van der Waals surface area contributed by atoms with Gasteiger partial charge in [0.1, 0.15) is 5.75 Å². The van der Waals surface area contributed by atoms with Crippen LogP contribution in [0.2, 0.25) is 0 Å². The zero-order valence-electron chi connectivity index (χ0n) is 17.1. The van der Waals surface area contributed by atoms with E-state index in [1.807, 2.05) is 59.5 Å². The average Bonchev–Trinajstić information content (AvgIpc) is 3.05. The number of rotatable bonds is 6. The molecule has 0 aliphatic carbocycles. The number of hydrogen-bond acceptors (Lipinski definition) is 4. The number of ether oxygens (including phenoxy) is 1. The molecule has 0 saturated carbocycles. The third kappa shape index (κ3) is 4.62. The summed E-state index contributed by atoms with van der Waals surface area (Å²) in [6.45, 7) is 4.00. The van der Waals surface area contributed by atoms with Gasteiger partial charge in [0.2, 0.25) is 5.91 Å². The maximum absolute atomic E-state index is 12.7. The number of amides is 1. The lowest BCUT2D eigenvalue weighted by Crippen LogP contribution is -2.43. The summed E-state index contributed by atoms with van der Waals surface area (Å²) >= 11 is 0. The molecule has 1 atom stereocenters. The summed E-state index contributed by atoms with van der Waals surface area (Å²) in [5.41, 5.74) is 2.16. The van der Waals surface area contributed by atoms with Crippen molar-refractivity contribution in [1.29, 1.82) is 0 Å². The summed E-state index contributed by atoms with van der Waals surface area (Å²) in [6, 6.07) is 17.8. The van der Waals surface area contributed by atoms with Crippen LogP contribution in [0.5, 0.6) is 5.75 Å². The second kappa shape index (κ2) is 8.56. The van der Waals surface area contributed by atoms with Crippen molar-refractivity contribution in [2.24, 2.45) is 5.41 Å². The first-order valence-electron chi connectivity index (χ1n) is 10.4. The zero-order chi connectivity index (χ0) is 20.3. The van der Waals surface area contributed by atoms with Crippen LogP contribution in [0.15, 0.2) is 54.6 Å². The zero-order valence-corrected chi connectivity index (χ0v) is 17.1. The Labute approximate surface area is 172 Å². The minimum atomic E-state index is -0.458. The molecule has 5 heteroatoms. The molecule has 1 amide bonds. The van der Waals surface area contributed by atoms with Gasteiger partial charge in [-0.1, -0.05) is 42.5 Å². The molecule has 2 aromatic carbocycles. The highest BCUT2D eigenvalue weighted by atomic mass is 16.5. The third-order valence-electron chi connectivity index (χ3n) is 6.44. The Morgan fingerprint density at radius 3 is 2.59 bits per heavy atom. The van der Waals surface area contributed by atoms with Crippen molar-refractivity contribution in [2.45, 2.75) is 31.9 Å². The van der Waals surface area contributed by atoms with Crippen molar-refractivity contribution in [2.75, 3.05) is 33.3 Å². The van der Waals surface area contributed by atoms with Crippen LogP contribution < -0.4 is 4.74 Å². The molecule has 0 aromatic heterocycles. The molecule has 0 unspecified atom stereocenters. The Hall–Kier alpha value is -2.37. The summed E-state index contributed by atoms with van der Waals surface area (Å²) in [6.07, 6.45) is 2.20. The van der Waals surface area contributed by atoms with Gasteiger partial charge >= 0.3 is 0 Å². The number of benzene rings is 2. The molecule has 2 aliphatic heterocycles. The van der Waals surface area contributed by atoms with Crippen molar-refractivity contribution in [3.8, 4) is 5.75 Å². The van der Waals surface area contributed by atoms with Gasteiger partial charge in [0, 0.05) is 26.1 Å². The van der Waals surface area contributed by atoms with Crippen LogP contribution in [0.25, 0.3) is 0 Å². The van der Waals surface area contributed by atoms with Gasteiger partial charge in [-0.05, 0) is 54.6 Å². The van der Waals surface area contributed by atoms with Crippen LogP contribution in [0.3, 0.4) is 0 Å². The molecule has 1 spiro atoms. The summed E-state index contributed by atoms with van der Waals surface area (Å²) in [7, 11) is 1.66. The van der Waals surface area contributed by atoms with Crippen molar-refractivity contribution >= 4 is 5.91 Å². The first-order chi connectivity index (χ1) is 14.1. The van der Waals surface area contributed by atoms with E-state index in [0.29, 0.717) is 19.5 Å². The first kappa shape index (κ1) is 19.9. The lowest BCUT2D eigenvalue weighted by molar-refractivity contribution is -0.128. The largest absolute Gasteiger partial charge is 0.497 e. The Balaban J connectivity index is 1.32. The molecule has 4 rings (SSSR count). The summed E-state index contributed by atoms with van der Waals surface area (Å²) < 4.78 is 5.30. The fourth-order valence-corrected chi connectivity index (χ4v) is 4.69. The maximum atomic E-state index is 12.7. The molecule has 2 aliphatic rings. The minimum absolute atomic E-state index is 0.0874. The second-order valence-corrected chi connectivity index (χ2v) is 8.51. The third-order valence-corrected chi connectivity index (χ3v) is 6.44. The SMILES string of the molecule is COc1cccc(CN2CC3(CCN(C[C@H](O)c4ccccc4)CC3)CC2=O)c1. The van der Waals surface area contributed by atoms with E-state index in [9.17, 15) is 9.90 Å². The predicted molar refractivity (Wildman–Crippen MR) is 113 cm³/mol. The highest BCUT2D eigenvalue weighted by molar-refractivity contribution is 5.79. The fourth-order valence-electron chi connectivity index (χ4n) is 4.69. The standard InChI is InChI=1S/C24H30N2O3/c1-29-21-9-5-6-19(14-21)16-26-18-24(15-23(26)28)10-12-25(13-11-24)17-22(27)20-7-3-2-4-8-20/h2-9,14,22,27H,10-13,15-18H2,1H3/t22-/m0/s1. The number of hydrogen-bond donors (Lipinski definition) is 1. The molecular formula is C24H30N2O3. The van der Waals surface area contributed by atoms with E-state index in [-0.39, 0.29) is 11.3 Å². The van der Waals surface area contributed by atoms with Crippen LogP contribution in [0, 0.1) is 5.41 Å². The van der Waals surface area contributed by atoms with Crippen molar-refractivity contribution in [1.82, 2.24) is 9.80 Å². The monoisotopic (exact) mass is 394 g/mol. The first-order valence-corrected chi connectivity index (χ1v) is 10.4. The van der Waals surface area contributed by atoms with Crippen LogP contribution in [-0.2, 0) is 11.3 Å². The van der Waals surface area contributed by atoms with E-state index in [0.717, 1.165) is 49.4 Å². The number of carbonyl (C=O) groups is 1. The summed E-state index contributed by atoms with van der Waals surface area (Å²) in [5, 5.41) is 10.5. The number of carbonyl (C=O) groups excluding carboxylic acids is 1. The number of methoxy groups -OCH3 is 1. The average molecular weight is 395 g/mol. The quantitative estimate of drug-likeness (QED) is 0.817. The topological polar surface area (TPSA) is 53.0 Å². The molecule has 2 saturated heterocycles. The minimum Gasteiger partial charge on any atom is -0.497 e. The van der Waals surface area contributed by atoms with Crippen LogP contribution >= 0.6 is 0 Å². The highest BCUT2D eigenvalue weighted by Gasteiger charge is 2.44. The summed E-state index contributed by atoms with van der Waals surface area (Å²) in [4.78, 5) is 17.0. The molecule has 2 aromatic rings. The number of nitrogens with zero attached hydrogens (tertiary/aromatic N) is 2. The van der Waals surface area contributed by atoms with E-state index in [2.05, 4.69) is 4.90 Å². The number of aliphatic hydroxyl groups excluding tert-OH is 1. The van der Waals surface area contributed by atoms with Gasteiger partial charge in [0.25, 0.3) is 0 Å². The van der Waals surface area contributed by atoms with E-state index < -0.39 is 6.10 Å². The Bertz CT molecular complexity index is 831. The van der Waals surface area contributed by atoms with Crippen LogP contribution in [0.4, 0.5) is 0 Å². The Morgan fingerprint density at radius 1 is 1.10 bits per heavy atom. The second-order valence-electron chi connectivity index (χ2n) is 8.51. The predicted octanol–water partition coefficient (Wildman–Crippen LogP) is 3.24. The lowest BCUT2D eigenvalue weighted by atomic mass is 9.77. The molecule has 154 valence electrons. The normalized spacial score (nSPS) is 20.2. The smallest absolute Gasteiger partial charge is 0.223 e. The van der Waals surface area contributed by atoms with Crippen molar-refractivity contribution in [3.63, 3.8) is 0 Å². The maximum Gasteiger partial charge on any atom is 0.223 e. The van der Waals surface area contributed by atoms with Gasteiger partial charge in [-0.15, -0.1) is 0 Å². The number of piperidine rings is 1. The number of aliphatic hydroxyl groups is 1. The molecule has 29 heavy (non-hydrogen) atoms. The van der Waals surface area contributed by atoms with E-state index in [4.69, 9.17) is 4.74 Å². The van der Waals surface area contributed by atoms with Crippen molar-refractivity contribution in [3.05, 3.63) is 65.7 Å². The van der Waals surface area contributed by atoms with Crippen molar-refractivity contribution < 1.29 is 14.6 Å². The number of likely N-dealkylation sites (tertiary alicyclic amines) is 2. The molecule has 2 fully saturated rings. The summed E-state index contributed by atoms with van der Waals surface area (Å²) in [5.74, 6) is 1.08. The van der Waals surface area contributed by atoms with Gasteiger partial charge in [-0.3, -0.25) is 4.79 Å².